The molecule has 0 aromatic heterocycles. The molecular formula is C11H13ClOS. The first-order chi connectivity index (χ1) is 6.76. The van der Waals surface area contributed by atoms with E-state index in [0.717, 1.165) is 17.1 Å². The van der Waals surface area contributed by atoms with Crippen LogP contribution in [-0.2, 0) is 0 Å². The summed E-state index contributed by atoms with van der Waals surface area (Å²) in [6, 6.07) is 7.96. The summed E-state index contributed by atoms with van der Waals surface area (Å²) in [5.41, 5.74) is 1.04. The predicted molar refractivity (Wildman–Crippen MR) is 63.6 cm³/mol. The van der Waals surface area contributed by atoms with Gasteiger partial charge < -0.3 is 4.74 Å². The fourth-order valence-corrected chi connectivity index (χ4v) is 1.97. The summed E-state index contributed by atoms with van der Waals surface area (Å²) < 4.78 is 5.13. The zero-order valence-corrected chi connectivity index (χ0v) is 9.70. The Labute approximate surface area is 94.1 Å². The van der Waals surface area contributed by atoms with Crippen molar-refractivity contribution in [1.29, 1.82) is 0 Å². The third-order valence-electron chi connectivity index (χ3n) is 1.67. The Morgan fingerprint density at radius 2 is 2.36 bits per heavy atom. The lowest BCUT2D eigenvalue weighted by Crippen LogP contribution is -1.87. The van der Waals surface area contributed by atoms with Crippen LogP contribution >= 0.6 is 23.4 Å². The van der Waals surface area contributed by atoms with Gasteiger partial charge in [-0.3, -0.25) is 0 Å². The molecule has 0 unspecified atom stereocenters. The van der Waals surface area contributed by atoms with Crippen LogP contribution in [0.15, 0.2) is 41.3 Å². The third kappa shape index (κ3) is 3.64. The first-order valence-electron chi connectivity index (χ1n) is 4.25. The maximum absolute atomic E-state index is 5.64. The highest BCUT2D eigenvalue weighted by atomic mass is 35.5. The van der Waals surface area contributed by atoms with Gasteiger partial charge in [-0.05, 0) is 18.2 Å². The van der Waals surface area contributed by atoms with Crippen molar-refractivity contribution in [1.82, 2.24) is 0 Å². The molecule has 1 rings (SSSR count). The maximum atomic E-state index is 5.64. The molecule has 0 atom stereocenters. The highest BCUT2D eigenvalue weighted by molar-refractivity contribution is 7.99. The van der Waals surface area contributed by atoms with E-state index in [9.17, 15) is 0 Å². The summed E-state index contributed by atoms with van der Waals surface area (Å²) in [5.74, 6) is 2.26. The topological polar surface area (TPSA) is 9.23 Å². The van der Waals surface area contributed by atoms with Gasteiger partial charge in [0.25, 0.3) is 0 Å². The van der Waals surface area contributed by atoms with Gasteiger partial charge in [-0.2, -0.15) is 0 Å². The van der Waals surface area contributed by atoms with E-state index >= 15 is 0 Å². The monoisotopic (exact) mass is 228 g/mol. The molecule has 0 bridgehead atoms. The summed E-state index contributed by atoms with van der Waals surface area (Å²) in [4.78, 5) is 1.18. The van der Waals surface area contributed by atoms with Crippen molar-refractivity contribution in [3.05, 3.63) is 36.4 Å². The normalized spacial score (nSPS) is 9.86. The van der Waals surface area contributed by atoms with Gasteiger partial charge in [-0.15, -0.1) is 23.4 Å². The molecule has 0 N–H and O–H groups in total. The van der Waals surface area contributed by atoms with E-state index in [4.69, 9.17) is 16.3 Å². The smallest absolute Gasteiger partial charge is 0.119 e. The maximum Gasteiger partial charge on any atom is 0.119 e. The SMILES string of the molecule is C=C(CCl)CSc1cccc(OC)c1. The second-order valence-corrected chi connectivity index (χ2v) is 4.17. The van der Waals surface area contributed by atoms with Crippen molar-refractivity contribution in [3.8, 4) is 5.75 Å². The Balaban J connectivity index is 2.54. The van der Waals surface area contributed by atoms with E-state index in [2.05, 4.69) is 12.6 Å². The van der Waals surface area contributed by atoms with Gasteiger partial charge in [0.2, 0.25) is 0 Å². The molecule has 76 valence electrons. The van der Waals surface area contributed by atoms with Crippen LogP contribution < -0.4 is 4.74 Å². The summed E-state index contributed by atoms with van der Waals surface area (Å²) in [6.45, 7) is 3.85. The minimum absolute atomic E-state index is 0.525. The van der Waals surface area contributed by atoms with E-state index in [-0.39, 0.29) is 0 Å². The average molecular weight is 229 g/mol. The Morgan fingerprint density at radius 3 is 3.00 bits per heavy atom. The van der Waals surface area contributed by atoms with Crippen molar-refractivity contribution >= 4 is 23.4 Å². The number of benzene rings is 1. The summed E-state index contributed by atoms with van der Waals surface area (Å²) >= 11 is 7.36. The largest absolute Gasteiger partial charge is 0.497 e. The number of thioether (sulfide) groups is 1. The lowest BCUT2D eigenvalue weighted by Gasteiger charge is -2.04. The fraction of sp³-hybridized carbons (Fsp3) is 0.273. The lowest BCUT2D eigenvalue weighted by molar-refractivity contribution is 0.413. The molecule has 0 amide bonds. The number of hydrogen-bond acceptors (Lipinski definition) is 2. The standard InChI is InChI=1S/C11H13ClOS/c1-9(7-12)8-14-11-5-3-4-10(6-11)13-2/h3-6H,1,7-8H2,2H3. The Morgan fingerprint density at radius 1 is 1.57 bits per heavy atom. The van der Waals surface area contributed by atoms with Gasteiger partial charge in [-0.1, -0.05) is 18.2 Å². The van der Waals surface area contributed by atoms with E-state index in [0.29, 0.717) is 5.88 Å². The molecular weight excluding hydrogens is 216 g/mol. The van der Waals surface area contributed by atoms with Crippen molar-refractivity contribution in [2.45, 2.75) is 4.90 Å². The van der Waals surface area contributed by atoms with Crippen molar-refractivity contribution in [3.63, 3.8) is 0 Å². The van der Waals surface area contributed by atoms with Crippen LogP contribution in [0.5, 0.6) is 5.75 Å². The molecule has 0 aliphatic carbocycles. The number of rotatable bonds is 5. The van der Waals surface area contributed by atoms with E-state index in [1.54, 1.807) is 18.9 Å². The molecule has 0 fully saturated rings. The molecule has 0 heterocycles. The summed E-state index contributed by atoms with van der Waals surface area (Å²) in [7, 11) is 1.67. The molecule has 0 spiro atoms. The van der Waals surface area contributed by atoms with Crippen molar-refractivity contribution < 1.29 is 4.74 Å². The van der Waals surface area contributed by atoms with Crippen LogP contribution in [0.4, 0.5) is 0 Å². The van der Waals surface area contributed by atoms with Crippen molar-refractivity contribution in [2.24, 2.45) is 0 Å². The van der Waals surface area contributed by atoms with Gasteiger partial charge in [0.15, 0.2) is 0 Å². The third-order valence-corrected chi connectivity index (χ3v) is 3.19. The Kier molecular flexibility index (Phi) is 4.91. The molecule has 0 aliphatic rings. The summed E-state index contributed by atoms with van der Waals surface area (Å²) in [6.07, 6.45) is 0. The van der Waals surface area contributed by atoms with E-state index in [1.165, 1.54) is 4.90 Å². The van der Waals surface area contributed by atoms with Crippen LogP contribution in [0, 0.1) is 0 Å². The fourth-order valence-electron chi connectivity index (χ4n) is 0.915. The predicted octanol–water partition coefficient (Wildman–Crippen LogP) is 3.58. The first-order valence-corrected chi connectivity index (χ1v) is 5.77. The Hall–Kier alpha value is -0.600. The molecule has 0 aliphatic heterocycles. The molecule has 1 nitrogen and oxygen atoms in total. The minimum Gasteiger partial charge on any atom is -0.497 e. The quantitative estimate of drug-likeness (QED) is 0.433. The van der Waals surface area contributed by atoms with Crippen LogP contribution in [0.2, 0.25) is 0 Å². The number of hydrogen-bond donors (Lipinski definition) is 0. The molecule has 14 heavy (non-hydrogen) atoms. The molecule has 3 heteroatoms. The van der Waals surface area contributed by atoms with Gasteiger partial charge in [0.05, 0.1) is 7.11 Å². The van der Waals surface area contributed by atoms with Gasteiger partial charge in [-0.25, -0.2) is 0 Å². The van der Waals surface area contributed by atoms with Crippen LogP contribution in [-0.4, -0.2) is 18.7 Å². The molecule has 0 saturated heterocycles. The number of halogens is 1. The van der Waals surface area contributed by atoms with Crippen molar-refractivity contribution in [2.75, 3.05) is 18.7 Å². The molecule has 0 saturated carbocycles. The van der Waals surface area contributed by atoms with E-state index in [1.807, 2.05) is 18.2 Å². The second kappa shape index (κ2) is 5.99. The number of alkyl halides is 1. The van der Waals surface area contributed by atoms with Gasteiger partial charge in [0, 0.05) is 16.5 Å². The van der Waals surface area contributed by atoms with Crippen LogP contribution in [0.3, 0.4) is 0 Å². The van der Waals surface area contributed by atoms with Crippen LogP contribution in [0.25, 0.3) is 0 Å². The second-order valence-electron chi connectivity index (χ2n) is 2.85. The number of ether oxygens (including phenoxy) is 1. The zero-order valence-electron chi connectivity index (χ0n) is 8.13. The average Bonchev–Trinajstić information content (AvgIpc) is 2.26. The highest BCUT2D eigenvalue weighted by Crippen LogP contribution is 2.24. The van der Waals surface area contributed by atoms with Gasteiger partial charge in [0.1, 0.15) is 5.75 Å². The summed E-state index contributed by atoms with van der Waals surface area (Å²) in [5, 5.41) is 0. The molecule has 1 aromatic rings. The lowest BCUT2D eigenvalue weighted by atomic mass is 10.3. The number of methoxy groups -OCH3 is 1. The molecule has 0 radical (unpaired) electrons. The molecule has 1 aromatic carbocycles. The minimum atomic E-state index is 0.525. The van der Waals surface area contributed by atoms with Crippen LogP contribution in [0.1, 0.15) is 0 Å². The highest BCUT2D eigenvalue weighted by Gasteiger charge is 1.98. The zero-order chi connectivity index (χ0) is 10.4. The Bertz CT molecular complexity index is 312. The first kappa shape index (κ1) is 11.5. The van der Waals surface area contributed by atoms with E-state index < -0.39 is 0 Å². The van der Waals surface area contributed by atoms with Gasteiger partial charge >= 0.3 is 0 Å².